The molecule has 1 amide bonds. The summed E-state index contributed by atoms with van der Waals surface area (Å²) in [6.45, 7) is 0.563. The second-order valence-corrected chi connectivity index (χ2v) is 5.61. The summed E-state index contributed by atoms with van der Waals surface area (Å²) in [6, 6.07) is 4.74. The van der Waals surface area contributed by atoms with Crippen LogP contribution in [0.2, 0.25) is 0 Å². The first kappa shape index (κ1) is 14.7. The minimum Gasteiger partial charge on any atom is -0.504 e. The first-order valence-corrected chi connectivity index (χ1v) is 7.42. The third kappa shape index (κ3) is 4.44. The molecule has 20 heavy (non-hydrogen) atoms. The van der Waals surface area contributed by atoms with Crippen LogP contribution in [0, 0.1) is 5.92 Å². The maximum atomic E-state index is 11.7. The average Bonchev–Trinajstić information content (AvgIpc) is 2.94. The van der Waals surface area contributed by atoms with Crippen molar-refractivity contribution in [1.29, 1.82) is 0 Å². The van der Waals surface area contributed by atoms with Crippen molar-refractivity contribution in [1.82, 2.24) is 5.32 Å². The van der Waals surface area contributed by atoms with Crippen LogP contribution in [0.1, 0.15) is 44.1 Å². The molecule has 1 aliphatic rings. The number of benzene rings is 1. The second kappa shape index (κ2) is 7.17. The molecule has 4 heteroatoms. The van der Waals surface area contributed by atoms with Crippen molar-refractivity contribution in [2.24, 2.45) is 5.92 Å². The molecule has 1 aromatic carbocycles. The molecule has 1 aliphatic carbocycles. The van der Waals surface area contributed by atoms with Gasteiger partial charge in [-0.3, -0.25) is 4.79 Å². The Morgan fingerprint density at radius 1 is 1.20 bits per heavy atom. The minimum absolute atomic E-state index is 0.111. The van der Waals surface area contributed by atoms with Crippen LogP contribution in [0.25, 0.3) is 0 Å². The third-order valence-corrected chi connectivity index (χ3v) is 4.03. The molecule has 0 spiro atoms. The summed E-state index contributed by atoms with van der Waals surface area (Å²) in [6.07, 6.45) is 7.47. The van der Waals surface area contributed by atoms with Crippen LogP contribution >= 0.6 is 0 Å². The van der Waals surface area contributed by atoms with E-state index < -0.39 is 0 Å². The molecule has 4 nitrogen and oxygen atoms in total. The molecule has 0 unspecified atom stereocenters. The van der Waals surface area contributed by atoms with Crippen LogP contribution in [0.4, 0.5) is 0 Å². The molecular weight excluding hydrogens is 254 g/mol. The maximum absolute atomic E-state index is 11.7. The van der Waals surface area contributed by atoms with Crippen LogP contribution < -0.4 is 5.32 Å². The molecule has 0 bridgehead atoms. The first-order chi connectivity index (χ1) is 9.65. The maximum Gasteiger partial charge on any atom is 0.220 e. The Morgan fingerprint density at radius 3 is 2.65 bits per heavy atom. The summed E-state index contributed by atoms with van der Waals surface area (Å²) >= 11 is 0. The van der Waals surface area contributed by atoms with Crippen LogP contribution in [0.5, 0.6) is 11.5 Å². The zero-order valence-electron chi connectivity index (χ0n) is 11.8. The van der Waals surface area contributed by atoms with Gasteiger partial charge in [0.05, 0.1) is 0 Å². The van der Waals surface area contributed by atoms with E-state index >= 15 is 0 Å². The molecule has 110 valence electrons. The highest BCUT2D eigenvalue weighted by molar-refractivity contribution is 5.75. The van der Waals surface area contributed by atoms with Gasteiger partial charge in [-0.05, 0) is 36.5 Å². The summed E-state index contributed by atoms with van der Waals surface area (Å²) in [5, 5.41) is 21.5. The zero-order valence-corrected chi connectivity index (χ0v) is 11.8. The molecule has 0 heterocycles. The van der Waals surface area contributed by atoms with Gasteiger partial charge in [0.25, 0.3) is 0 Å². The predicted molar refractivity (Wildman–Crippen MR) is 77.7 cm³/mol. The first-order valence-electron chi connectivity index (χ1n) is 7.42. The number of phenols is 2. The summed E-state index contributed by atoms with van der Waals surface area (Å²) in [5.74, 6) is 0.624. The molecule has 0 radical (unpaired) electrons. The molecule has 1 saturated carbocycles. The highest BCUT2D eigenvalue weighted by Gasteiger charge is 2.15. The van der Waals surface area contributed by atoms with Gasteiger partial charge in [0, 0.05) is 13.0 Å². The van der Waals surface area contributed by atoms with E-state index in [0.717, 1.165) is 17.9 Å². The lowest BCUT2D eigenvalue weighted by molar-refractivity contribution is -0.121. The van der Waals surface area contributed by atoms with Crippen molar-refractivity contribution in [3.8, 4) is 11.5 Å². The number of phenolic OH excluding ortho intramolecular Hbond substituents is 2. The number of hydrogen-bond donors (Lipinski definition) is 3. The van der Waals surface area contributed by atoms with Crippen LogP contribution in [-0.2, 0) is 11.2 Å². The summed E-state index contributed by atoms with van der Waals surface area (Å²) < 4.78 is 0. The Hall–Kier alpha value is -1.71. The van der Waals surface area contributed by atoms with Crippen LogP contribution in [-0.4, -0.2) is 22.7 Å². The molecule has 2 rings (SSSR count). The Morgan fingerprint density at radius 2 is 1.95 bits per heavy atom. The molecular formula is C16H23NO3. The summed E-state index contributed by atoms with van der Waals surface area (Å²) in [4.78, 5) is 11.7. The van der Waals surface area contributed by atoms with E-state index in [2.05, 4.69) is 5.32 Å². The lowest BCUT2D eigenvalue weighted by Crippen LogP contribution is -2.25. The van der Waals surface area contributed by atoms with Crippen molar-refractivity contribution in [3.63, 3.8) is 0 Å². The van der Waals surface area contributed by atoms with Crippen molar-refractivity contribution < 1.29 is 15.0 Å². The van der Waals surface area contributed by atoms with E-state index in [4.69, 9.17) is 0 Å². The van der Waals surface area contributed by atoms with Gasteiger partial charge in [-0.15, -0.1) is 0 Å². The van der Waals surface area contributed by atoms with Crippen LogP contribution in [0.3, 0.4) is 0 Å². The van der Waals surface area contributed by atoms with Crippen molar-refractivity contribution in [3.05, 3.63) is 23.8 Å². The Labute approximate surface area is 119 Å². The molecule has 0 atom stereocenters. The fourth-order valence-corrected chi connectivity index (χ4v) is 2.79. The number of nitrogens with one attached hydrogen (secondary N) is 1. The third-order valence-electron chi connectivity index (χ3n) is 4.03. The molecule has 0 saturated heterocycles. The van der Waals surface area contributed by atoms with E-state index in [9.17, 15) is 15.0 Å². The molecule has 0 aromatic heterocycles. The predicted octanol–water partition coefficient (Wildman–Crippen LogP) is 2.73. The number of aromatic hydroxyl groups is 2. The fourth-order valence-electron chi connectivity index (χ4n) is 2.79. The minimum atomic E-state index is -0.116. The van der Waals surface area contributed by atoms with Crippen molar-refractivity contribution >= 4 is 5.91 Å². The average molecular weight is 277 g/mol. The van der Waals surface area contributed by atoms with Gasteiger partial charge < -0.3 is 15.5 Å². The van der Waals surface area contributed by atoms with E-state index in [1.807, 2.05) is 0 Å². The van der Waals surface area contributed by atoms with Gasteiger partial charge >= 0.3 is 0 Å². The monoisotopic (exact) mass is 277 g/mol. The topological polar surface area (TPSA) is 69.6 Å². The zero-order chi connectivity index (χ0) is 14.4. The Balaban J connectivity index is 1.64. The number of carbonyl (C=O) groups is 1. The SMILES string of the molecule is O=C(CCC1CCCC1)NCCc1ccc(O)c(O)c1. The van der Waals surface area contributed by atoms with Crippen molar-refractivity contribution in [2.75, 3.05) is 6.54 Å². The standard InChI is InChI=1S/C16H23NO3/c18-14-7-5-13(11-15(14)19)9-10-17-16(20)8-6-12-3-1-2-4-12/h5,7,11-12,18-19H,1-4,6,8-10H2,(H,17,20). The Bertz CT molecular complexity index is 453. The van der Waals surface area contributed by atoms with Gasteiger partial charge in [0.1, 0.15) is 0 Å². The number of hydrogen-bond acceptors (Lipinski definition) is 3. The van der Waals surface area contributed by atoms with Gasteiger partial charge in [0.15, 0.2) is 11.5 Å². The lowest BCUT2D eigenvalue weighted by Gasteiger charge is -2.09. The molecule has 3 N–H and O–H groups in total. The smallest absolute Gasteiger partial charge is 0.220 e. The van der Waals surface area contributed by atoms with Crippen molar-refractivity contribution in [2.45, 2.75) is 44.9 Å². The Kier molecular flexibility index (Phi) is 5.27. The molecule has 0 aliphatic heterocycles. The highest BCUT2D eigenvalue weighted by Crippen LogP contribution is 2.28. The summed E-state index contributed by atoms with van der Waals surface area (Å²) in [5.41, 5.74) is 0.899. The van der Waals surface area contributed by atoms with Gasteiger partial charge in [-0.25, -0.2) is 0 Å². The quantitative estimate of drug-likeness (QED) is 0.700. The van der Waals surface area contributed by atoms with Crippen LogP contribution in [0.15, 0.2) is 18.2 Å². The highest BCUT2D eigenvalue weighted by atomic mass is 16.3. The van der Waals surface area contributed by atoms with E-state index in [1.54, 1.807) is 6.07 Å². The molecule has 1 fully saturated rings. The van der Waals surface area contributed by atoms with Gasteiger partial charge in [0.2, 0.25) is 5.91 Å². The van der Waals surface area contributed by atoms with Gasteiger partial charge in [-0.1, -0.05) is 31.7 Å². The van der Waals surface area contributed by atoms with E-state index in [-0.39, 0.29) is 17.4 Å². The van der Waals surface area contributed by atoms with Gasteiger partial charge in [-0.2, -0.15) is 0 Å². The number of rotatable bonds is 6. The number of carbonyl (C=O) groups excluding carboxylic acids is 1. The fraction of sp³-hybridized carbons (Fsp3) is 0.562. The summed E-state index contributed by atoms with van der Waals surface area (Å²) in [7, 11) is 0. The number of amides is 1. The molecule has 1 aromatic rings. The lowest BCUT2D eigenvalue weighted by atomic mass is 10.0. The second-order valence-electron chi connectivity index (χ2n) is 5.61. The van der Waals surface area contributed by atoms with E-state index in [0.29, 0.717) is 19.4 Å². The normalized spacial score (nSPS) is 15.4. The van der Waals surface area contributed by atoms with E-state index in [1.165, 1.54) is 37.8 Å². The largest absolute Gasteiger partial charge is 0.504 e.